The molecule has 2 aromatic rings. The summed E-state index contributed by atoms with van der Waals surface area (Å²) < 4.78 is 24.9. The fourth-order valence-electron chi connectivity index (χ4n) is 4.56. The quantitative estimate of drug-likeness (QED) is 0.519. The van der Waals surface area contributed by atoms with Gasteiger partial charge in [-0.05, 0) is 44.2 Å². The Bertz CT molecular complexity index is 835. The van der Waals surface area contributed by atoms with Gasteiger partial charge in [0, 0.05) is 24.0 Å². The van der Waals surface area contributed by atoms with Crippen molar-refractivity contribution in [3.8, 4) is 28.6 Å². The molecule has 1 aliphatic heterocycles. The molecule has 170 valence electrons. The number of hydrogen-bond acceptors (Lipinski definition) is 7. The second kappa shape index (κ2) is 10.6. The topological polar surface area (TPSA) is 67.6 Å². The van der Waals surface area contributed by atoms with E-state index >= 15 is 0 Å². The van der Waals surface area contributed by atoms with Crippen LogP contribution in [-0.4, -0.2) is 54.6 Å². The summed E-state index contributed by atoms with van der Waals surface area (Å²) in [5.41, 5.74) is 0.924. The second-order valence-corrected chi connectivity index (χ2v) is 9.17. The van der Waals surface area contributed by atoms with E-state index < -0.39 is 0 Å². The van der Waals surface area contributed by atoms with Crippen LogP contribution in [0, 0.1) is 0 Å². The Morgan fingerprint density at radius 3 is 2.26 bits per heavy atom. The lowest BCUT2D eigenvalue weighted by Gasteiger charge is -2.27. The van der Waals surface area contributed by atoms with Crippen molar-refractivity contribution in [2.75, 3.05) is 33.7 Å². The first-order valence-corrected chi connectivity index (χ1v) is 12.2. The van der Waals surface area contributed by atoms with Crippen molar-refractivity contribution in [1.29, 1.82) is 0 Å². The number of thioether (sulfide) groups is 1. The highest BCUT2D eigenvalue weighted by molar-refractivity contribution is 7.99. The SMILES string of the molecule is COc1cc(-c2nnc(SCC3CCCCO3)n2C2CCCCC2)cc(OC)c1OC. The van der Waals surface area contributed by atoms with E-state index in [0.29, 0.717) is 29.4 Å². The maximum Gasteiger partial charge on any atom is 0.203 e. The molecular weight excluding hydrogens is 414 g/mol. The predicted molar refractivity (Wildman–Crippen MR) is 122 cm³/mol. The lowest BCUT2D eigenvalue weighted by atomic mass is 9.95. The molecule has 8 heteroatoms. The minimum atomic E-state index is 0.305. The van der Waals surface area contributed by atoms with E-state index in [9.17, 15) is 0 Å². The van der Waals surface area contributed by atoms with E-state index in [-0.39, 0.29) is 0 Å². The smallest absolute Gasteiger partial charge is 0.203 e. The molecule has 2 aliphatic rings. The van der Waals surface area contributed by atoms with E-state index in [2.05, 4.69) is 14.8 Å². The number of nitrogens with zero attached hydrogens (tertiary/aromatic N) is 3. The summed E-state index contributed by atoms with van der Waals surface area (Å²) in [6.07, 6.45) is 9.95. The average Bonchev–Trinajstić information content (AvgIpc) is 3.27. The summed E-state index contributed by atoms with van der Waals surface area (Å²) in [7, 11) is 4.89. The van der Waals surface area contributed by atoms with Crippen molar-refractivity contribution in [3.05, 3.63) is 12.1 Å². The molecule has 0 bridgehead atoms. The fraction of sp³-hybridized carbons (Fsp3) is 0.652. The molecule has 7 nitrogen and oxygen atoms in total. The first-order valence-electron chi connectivity index (χ1n) is 11.2. The van der Waals surface area contributed by atoms with E-state index in [1.54, 1.807) is 33.1 Å². The average molecular weight is 448 g/mol. The van der Waals surface area contributed by atoms with Crippen molar-refractivity contribution in [2.24, 2.45) is 0 Å². The number of ether oxygens (including phenoxy) is 4. The summed E-state index contributed by atoms with van der Waals surface area (Å²) in [6, 6.07) is 4.33. The van der Waals surface area contributed by atoms with Gasteiger partial charge in [-0.2, -0.15) is 0 Å². The zero-order valence-electron chi connectivity index (χ0n) is 18.8. The number of rotatable bonds is 8. The Morgan fingerprint density at radius 2 is 1.65 bits per heavy atom. The van der Waals surface area contributed by atoms with Crippen LogP contribution in [0.2, 0.25) is 0 Å². The zero-order chi connectivity index (χ0) is 21.6. The van der Waals surface area contributed by atoms with E-state index in [4.69, 9.17) is 18.9 Å². The fourth-order valence-corrected chi connectivity index (χ4v) is 5.63. The summed E-state index contributed by atoms with van der Waals surface area (Å²) in [5, 5.41) is 10.2. The minimum Gasteiger partial charge on any atom is -0.493 e. The molecule has 4 rings (SSSR count). The summed E-state index contributed by atoms with van der Waals surface area (Å²) in [4.78, 5) is 0. The van der Waals surface area contributed by atoms with E-state index in [1.165, 1.54) is 32.1 Å². The van der Waals surface area contributed by atoms with Crippen LogP contribution in [-0.2, 0) is 4.74 Å². The predicted octanol–water partition coefficient (Wildman–Crippen LogP) is 5.14. The molecule has 1 aliphatic carbocycles. The van der Waals surface area contributed by atoms with Crippen molar-refractivity contribution in [2.45, 2.75) is 68.7 Å². The summed E-state index contributed by atoms with van der Waals surface area (Å²) >= 11 is 1.77. The molecule has 1 aromatic heterocycles. The summed E-state index contributed by atoms with van der Waals surface area (Å²) in [6.45, 7) is 0.872. The Balaban J connectivity index is 1.69. The van der Waals surface area contributed by atoms with Crippen LogP contribution in [0.1, 0.15) is 57.4 Å². The Morgan fingerprint density at radius 1 is 0.935 bits per heavy atom. The molecule has 1 unspecified atom stereocenters. The first-order chi connectivity index (χ1) is 15.2. The second-order valence-electron chi connectivity index (χ2n) is 8.18. The summed E-state index contributed by atoms with van der Waals surface area (Å²) in [5.74, 6) is 3.61. The van der Waals surface area contributed by atoms with Gasteiger partial charge in [0.05, 0.1) is 27.4 Å². The lowest BCUT2D eigenvalue weighted by molar-refractivity contribution is 0.0315. The van der Waals surface area contributed by atoms with Crippen LogP contribution < -0.4 is 14.2 Å². The highest BCUT2D eigenvalue weighted by Gasteiger charge is 2.26. The van der Waals surface area contributed by atoms with Crippen LogP contribution in [0.4, 0.5) is 0 Å². The molecule has 1 aromatic carbocycles. The molecule has 0 amide bonds. The van der Waals surface area contributed by atoms with Gasteiger partial charge in [-0.1, -0.05) is 31.0 Å². The van der Waals surface area contributed by atoms with E-state index in [1.807, 2.05) is 12.1 Å². The Labute approximate surface area is 188 Å². The van der Waals surface area contributed by atoms with Gasteiger partial charge < -0.3 is 18.9 Å². The van der Waals surface area contributed by atoms with Crippen molar-refractivity contribution in [1.82, 2.24) is 14.8 Å². The standard InChI is InChI=1S/C23H33N3O4S/c1-27-19-13-16(14-20(28-2)21(19)29-3)22-24-25-23(26(22)17-9-5-4-6-10-17)31-15-18-11-7-8-12-30-18/h13-14,17-18H,4-12,15H2,1-3H3. The van der Waals surface area contributed by atoms with Gasteiger partial charge in [-0.15, -0.1) is 10.2 Å². The largest absolute Gasteiger partial charge is 0.493 e. The Hall–Kier alpha value is -1.93. The third kappa shape index (κ3) is 4.95. The van der Waals surface area contributed by atoms with Crippen LogP contribution in [0.15, 0.2) is 17.3 Å². The molecule has 2 fully saturated rings. The lowest BCUT2D eigenvalue weighted by Crippen LogP contribution is -2.22. The zero-order valence-corrected chi connectivity index (χ0v) is 19.6. The van der Waals surface area contributed by atoms with Gasteiger partial charge >= 0.3 is 0 Å². The third-order valence-corrected chi connectivity index (χ3v) is 7.27. The number of methoxy groups -OCH3 is 3. The molecule has 0 N–H and O–H groups in total. The van der Waals surface area contributed by atoms with Crippen molar-refractivity contribution in [3.63, 3.8) is 0 Å². The van der Waals surface area contributed by atoms with Gasteiger partial charge in [0.15, 0.2) is 22.5 Å². The number of hydrogen-bond donors (Lipinski definition) is 0. The molecule has 0 spiro atoms. The third-order valence-electron chi connectivity index (χ3n) is 6.20. The maximum atomic E-state index is 5.94. The van der Waals surface area contributed by atoms with Gasteiger partial charge in [0.25, 0.3) is 0 Å². The number of aromatic nitrogens is 3. The first kappa shape index (κ1) is 22.3. The molecule has 2 heterocycles. The monoisotopic (exact) mass is 447 g/mol. The van der Waals surface area contributed by atoms with Gasteiger partial charge in [0.2, 0.25) is 5.75 Å². The maximum absolute atomic E-state index is 5.94. The molecule has 0 radical (unpaired) electrons. The van der Waals surface area contributed by atoms with Gasteiger partial charge in [-0.25, -0.2) is 0 Å². The van der Waals surface area contributed by atoms with Crippen LogP contribution >= 0.6 is 11.8 Å². The number of benzene rings is 1. The molecule has 1 saturated heterocycles. The van der Waals surface area contributed by atoms with E-state index in [0.717, 1.165) is 48.2 Å². The van der Waals surface area contributed by atoms with Crippen LogP contribution in [0.25, 0.3) is 11.4 Å². The highest BCUT2D eigenvalue weighted by Crippen LogP contribution is 2.43. The Kier molecular flexibility index (Phi) is 7.61. The normalized spacial score (nSPS) is 19.9. The van der Waals surface area contributed by atoms with Crippen LogP contribution in [0.5, 0.6) is 17.2 Å². The van der Waals surface area contributed by atoms with Crippen molar-refractivity contribution < 1.29 is 18.9 Å². The molecule has 1 saturated carbocycles. The van der Waals surface area contributed by atoms with Crippen molar-refractivity contribution >= 4 is 11.8 Å². The minimum absolute atomic E-state index is 0.305. The van der Waals surface area contributed by atoms with Crippen LogP contribution in [0.3, 0.4) is 0 Å². The van der Waals surface area contributed by atoms with Gasteiger partial charge in [-0.3, -0.25) is 4.57 Å². The highest BCUT2D eigenvalue weighted by atomic mass is 32.2. The molecule has 1 atom stereocenters. The van der Waals surface area contributed by atoms with Gasteiger partial charge in [0.1, 0.15) is 0 Å². The molecular formula is C23H33N3O4S. The molecule has 31 heavy (non-hydrogen) atoms.